The first-order valence-electron chi connectivity index (χ1n) is 6.81. The summed E-state index contributed by atoms with van der Waals surface area (Å²) >= 11 is 2.03. The van der Waals surface area contributed by atoms with Crippen molar-refractivity contribution in [1.82, 2.24) is 4.90 Å². The van der Waals surface area contributed by atoms with Crippen LogP contribution in [0, 0.1) is 6.92 Å². The van der Waals surface area contributed by atoms with Gasteiger partial charge in [0.15, 0.2) is 0 Å². The number of thioether (sulfide) groups is 1. The van der Waals surface area contributed by atoms with E-state index < -0.39 is 0 Å². The lowest BCUT2D eigenvalue weighted by molar-refractivity contribution is 0.222. The molecule has 1 aromatic heterocycles. The summed E-state index contributed by atoms with van der Waals surface area (Å²) in [7, 11) is 0. The standard InChI is InChI=1S/C15H20N2OS/c1-11-15(12-4-2-3-5-14(12)18-11)13(10-16)17-6-8-19-9-7-17/h2-5,13H,6-10,16H2,1H3. The number of rotatable bonds is 3. The van der Waals surface area contributed by atoms with Gasteiger partial charge in [0, 0.05) is 42.1 Å². The summed E-state index contributed by atoms with van der Waals surface area (Å²) in [6.45, 7) is 4.93. The summed E-state index contributed by atoms with van der Waals surface area (Å²) in [4.78, 5) is 2.50. The van der Waals surface area contributed by atoms with Crippen molar-refractivity contribution in [2.24, 2.45) is 5.73 Å². The van der Waals surface area contributed by atoms with Crippen LogP contribution in [-0.2, 0) is 0 Å². The van der Waals surface area contributed by atoms with Crippen LogP contribution < -0.4 is 5.73 Å². The maximum Gasteiger partial charge on any atom is 0.134 e. The number of nitrogens with two attached hydrogens (primary N) is 1. The summed E-state index contributed by atoms with van der Waals surface area (Å²) < 4.78 is 5.89. The van der Waals surface area contributed by atoms with E-state index in [0.29, 0.717) is 6.54 Å². The predicted molar refractivity (Wildman–Crippen MR) is 81.6 cm³/mol. The maximum absolute atomic E-state index is 6.06. The molecule has 19 heavy (non-hydrogen) atoms. The van der Waals surface area contributed by atoms with Crippen LogP contribution in [0.15, 0.2) is 28.7 Å². The third-order valence-electron chi connectivity index (χ3n) is 3.86. The van der Waals surface area contributed by atoms with Crippen LogP contribution in [0.5, 0.6) is 0 Å². The van der Waals surface area contributed by atoms with Gasteiger partial charge in [-0.15, -0.1) is 0 Å². The largest absolute Gasteiger partial charge is 0.461 e. The van der Waals surface area contributed by atoms with E-state index in [0.717, 1.165) is 24.4 Å². The lowest BCUT2D eigenvalue weighted by atomic mass is 10.0. The molecule has 2 N–H and O–H groups in total. The summed E-state index contributed by atoms with van der Waals surface area (Å²) in [5, 5.41) is 1.22. The van der Waals surface area contributed by atoms with Crippen LogP contribution in [0.25, 0.3) is 11.0 Å². The number of furan rings is 1. The highest BCUT2D eigenvalue weighted by Gasteiger charge is 2.26. The average molecular weight is 276 g/mol. The van der Waals surface area contributed by atoms with Gasteiger partial charge in [0.2, 0.25) is 0 Å². The lowest BCUT2D eigenvalue weighted by Crippen LogP contribution is -2.39. The second kappa shape index (κ2) is 5.57. The molecule has 2 aromatic rings. The molecule has 102 valence electrons. The number of para-hydroxylation sites is 1. The molecule has 1 unspecified atom stereocenters. The van der Waals surface area contributed by atoms with E-state index in [1.165, 1.54) is 22.5 Å². The van der Waals surface area contributed by atoms with Crippen molar-refractivity contribution in [2.75, 3.05) is 31.1 Å². The highest BCUT2D eigenvalue weighted by Crippen LogP contribution is 2.34. The van der Waals surface area contributed by atoms with Crippen molar-refractivity contribution in [3.05, 3.63) is 35.6 Å². The molecule has 1 aliphatic heterocycles. The summed E-state index contributed by atoms with van der Waals surface area (Å²) in [6, 6.07) is 8.54. The van der Waals surface area contributed by atoms with Gasteiger partial charge in [-0.05, 0) is 13.0 Å². The Kier molecular flexibility index (Phi) is 3.82. The third-order valence-corrected chi connectivity index (χ3v) is 4.81. The van der Waals surface area contributed by atoms with Gasteiger partial charge in [-0.25, -0.2) is 0 Å². The molecule has 1 fully saturated rings. The maximum atomic E-state index is 6.06. The molecular formula is C15H20N2OS. The third kappa shape index (κ3) is 2.40. The van der Waals surface area contributed by atoms with Gasteiger partial charge in [0.25, 0.3) is 0 Å². The van der Waals surface area contributed by atoms with Crippen LogP contribution in [0.2, 0.25) is 0 Å². The predicted octanol–water partition coefficient (Wildman–Crippen LogP) is 2.79. The molecular weight excluding hydrogens is 256 g/mol. The molecule has 3 rings (SSSR count). The fourth-order valence-electron chi connectivity index (χ4n) is 2.94. The molecule has 1 saturated heterocycles. The monoisotopic (exact) mass is 276 g/mol. The Labute approximate surface area is 118 Å². The van der Waals surface area contributed by atoms with Crippen LogP contribution in [0.4, 0.5) is 0 Å². The fourth-order valence-corrected chi connectivity index (χ4v) is 3.87. The minimum absolute atomic E-state index is 0.282. The molecule has 3 nitrogen and oxygen atoms in total. The Morgan fingerprint density at radius 3 is 2.79 bits per heavy atom. The highest BCUT2D eigenvalue weighted by atomic mass is 32.2. The molecule has 2 heterocycles. The zero-order chi connectivity index (χ0) is 13.2. The Morgan fingerprint density at radius 1 is 1.32 bits per heavy atom. The number of nitrogens with zero attached hydrogens (tertiary/aromatic N) is 1. The van der Waals surface area contributed by atoms with E-state index in [1.54, 1.807) is 0 Å². The van der Waals surface area contributed by atoms with Crippen molar-refractivity contribution < 1.29 is 4.42 Å². The van der Waals surface area contributed by atoms with Gasteiger partial charge in [-0.1, -0.05) is 18.2 Å². The number of hydrogen-bond acceptors (Lipinski definition) is 4. The summed E-state index contributed by atoms with van der Waals surface area (Å²) in [5.74, 6) is 3.41. The zero-order valence-electron chi connectivity index (χ0n) is 11.3. The van der Waals surface area contributed by atoms with Crippen molar-refractivity contribution >= 4 is 22.7 Å². The Bertz CT molecular complexity index is 560. The van der Waals surface area contributed by atoms with E-state index in [9.17, 15) is 0 Å². The second-order valence-electron chi connectivity index (χ2n) is 4.97. The van der Waals surface area contributed by atoms with Crippen LogP contribution in [0.1, 0.15) is 17.4 Å². The Hall–Kier alpha value is -0.970. The first-order valence-corrected chi connectivity index (χ1v) is 7.96. The molecule has 0 saturated carbocycles. The number of benzene rings is 1. The smallest absolute Gasteiger partial charge is 0.134 e. The molecule has 0 bridgehead atoms. The highest BCUT2D eigenvalue weighted by molar-refractivity contribution is 7.99. The minimum Gasteiger partial charge on any atom is -0.461 e. The van der Waals surface area contributed by atoms with Crippen molar-refractivity contribution in [2.45, 2.75) is 13.0 Å². The number of aryl methyl sites for hydroxylation is 1. The van der Waals surface area contributed by atoms with Crippen molar-refractivity contribution in [1.29, 1.82) is 0 Å². The Balaban J connectivity index is 2.02. The second-order valence-corrected chi connectivity index (χ2v) is 6.19. The molecule has 0 amide bonds. The Morgan fingerprint density at radius 2 is 2.05 bits per heavy atom. The van der Waals surface area contributed by atoms with E-state index in [-0.39, 0.29) is 6.04 Å². The average Bonchev–Trinajstić information content (AvgIpc) is 2.78. The molecule has 1 atom stereocenters. The SMILES string of the molecule is Cc1oc2ccccc2c1C(CN)N1CCSCC1. The number of fused-ring (bicyclic) bond motifs is 1. The first kappa shape index (κ1) is 13.0. The van der Waals surface area contributed by atoms with E-state index >= 15 is 0 Å². The quantitative estimate of drug-likeness (QED) is 0.936. The molecule has 0 radical (unpaired) electrons. The molecule has 4 heteroatoms. The van der Waals surface area contributed by atoms with Crippen molar-refractivity contribution in [3.63, 3.8) is 0 Å². The molecule has 0 aliphatic carbocycles. The molecule has 1 aliphatic rings. The van der Waals surface area contributed by atoms with Gasteiger partial charge in [0.05, 0.1) is 6.04 Å². The van der Waals surface area contributed by atoms with Gasteiger partial charge in [-0.2, -0.15) is 11.8 Å². The van der Waals surface area contributed by atoms with Gasteiger partial charge in [0.1, 0.15) is 11.3 Å². The normalized spacial score (nSPS) is 18.8. The summed E-state index contributed by atoms with van der Waals surface area (Å²) in [6.07, 6.45) is 0. The molecule has 1 aromatic carbocycles. The van der Waals surface area contributed by atoms with Crippen LogP contribution in [0.3, 0.4) is 0 Å². The zero-order valence-corrected chi connectivity index (χ0v) is 12.1. The van der Waals surface area contributed by atoms with E-state index in [2.05, 4.69) is 24.0 Å². The molecule has 0 spiro atoms. The minimum atomic E-state index is 0.282. The van der Waals surface area contributed by atoms with Gasteiger partial charge < -0.3 is 10.2 Å². The fraction of sp³-hybridized carbons (Fsp3) is 0.467. The van der Waals surface area contributed by atoms with Gasteiger partial charge in [-0.3, -0.25) is 4.90 Å². The van der Waals surface area contributed by atoms with Crippen molar-refractivity contribution in [3.8, 4) is 0 Å². The van der Waals surface area contributed by atoms with Crippen LogP contribution in [-0.4, -0.2) is 36.0 Å². The van der Waals surface area contributed by atoms with E-state index in [4.69, 9.17) is 10.2 Å². The lowest BCUT2D eigenvalue weighted by Gasteiger charge is -2.33. The van der Waals surface area contributed by atoms with E-state index in [1.807, 2.05) is 23.9 Å². The first-order chi connectivity index (χ1) is 9.31. The summed E-state index contributed by atoms with van der Waals surface area (Å²) in [5.41, 5.74) is 8.32. The van der Waals surface area contributed by atoms with Crippen LogP contribution >= 0.6 is 11.8 Å². The number of hydrogen-bond donors (Lipinski definition) is 1. The topological polar surface area (TPSA) is 42.4 Å². The van der Waals surface area contributed by atoms with Gasteiger partial charge >= 0.3 is 0 Å².